The first kappa shape index (κ1) is 9.43. The van der Waals surface area contributed by atoms with Crippen molar-refractivity contribution in [2.75, 3.05) is 6.61 Å². The van der Waals surface area contributed by atoms with Crippen LogP contribution < -0.4 is 4.74 Å². The zero-order valence-electron chi connectivity index (χ0n) is 6.26. The maximum atomic E-state index is 5.38. The maximum Gasteiger partial charge on any atom is 0.120 e. The molecule has 0 bridgehead atoms. The van der Waals surface area contributed by atoms with Crippen molar-refractivity contribution in [3.63, 3.8) is 0 Å². The first-order valence-corrected chi connectivity index (χ1v) is 4.14. The third kappa shape index (κ3) is 3.65. The Hall–Kier alpha value is -0.660. The lowest BCUT2D eigenvalue weighted by Crippen LogP contribution is -1.92. The number of ether oxygens (including phenoxy) is 1. The third-order valence-electron chi connectivity index (χ3n) is 1.17. The summed E-state index contributed by atoms with van der Waals surface area (Å²) in [6, 6.07) is 10.1. The molecule has 63 valence electrons. The summed E-state index contributed by atoms with van der Waals surface area (Å²) in [5.74, 6) is 0.753. The molecule has 0 amide bonds. The van der Waals surface area contributed by atoms with Gasteiger partial charge in [-0.05, 0) is 24.3 Å². The van der Waals surface area contributed by atoms with Gasteiger partial charge >= 0.3 is 0 Å². The van der Waals surface area contributed by atoms with E-state index in [2.05, 4.69) is 6.07 Å². The number of rotatable bonds is 3. The molecule has 1 aromatic carbocycles. The van der Waals surface area contributed by atoms with E-state index in [-0.39, 0.29) is 4.49 Å². The van der Waals surface area contributed by atoms with Crippen molar-refractivity contribution in [3.05, 3.63) is 40.9 Å². The van der Waals surface area contributed by atoms with Gasteiger partial charge in [-0.1, -0.05) is 35.3 Å². The fourth-order valence-corrected chi connectivity index (χ4v) is 0.794. The van der Waals surface area contributed by atoms with E-state index >= 15 is 0 Å². The minimum atomic E-state index is 0.218. The highest BCUT2D eigenvalue weighted by Crippen LogP contribution is 2.09. The monoisotopic (exact) mass is 201 g/mol. The van der Waals surface area contributed by atoms with Gasteiger partial charge in [-0.2, -0.15) is 0 Å². The molecule has 0 aliphatic heterocycles. The highest BCUT2D eigenvalue weighted by molar-refractivity contribution is 6.55. The van der Waals surface area contributed by atoms with E-state index < -0.39 is 0 Å². The van der Waals surface area contributed by atoms with Crippen LogP contribution in [0.25, 0.3) is 0 Å². The van der Waals surface area contributed by atoms with Crippen molar-refractivity contribution in [2.24, 2.45) is 0 Å². The molecule has 0 aliphatic rings. The zero-order chi connectivity index (χ0) is 8.81. The van der Waals surface area contributed by atoms with Gasteiger partial charge in [-0.15, -0.1) is 0 Å². The van der Waals surface area contributed by atoms with Crippen LogP contribution in [0.3, 0.4) is 0 Å². The van der Waals surface area contributed by atoms with E-state index in [9.17, 15) is 0 Å². The smallest absolute Gasteiger partial charge is 0.120 e. The van der Waals surface area contributed by atoms with Crippen LogP contribution in [-0.2, 0) is 0 Å². The van der Waals surface area contributed by atoms with Crippen molar-refractivity contribution in [3.8, 4) is 5.75 Å². The number of hydrogen-bond acceptors (Lipinski definition) is 1. The van der Waals surface area contributed by atoms with Gasteiger partial charge in [0.2, 0.25) is 0 Å². The summed E-state index contributed by atoms with van der Waals surface area (Å²) in [4.78, 5) is 0. The second kappa shape index (κ2) is 5.07. The van der Waals surface area contributed by atoms with Crippen molar-refractivity contribution < 1.29 is 4.74 Å². The topological polar surface area (TPSA) is 9.23 Å². The lowest BCUT2D eigenvalue weighted by molar-refractivity contribution is 0.363. The normalized spacial score (nSPS) is 9.17. The zero-order valence-corrected chi connectivity index (χ0v) is 7.77. The molecule has 0 atom stereocenters. The van der Waals surface area contributed by atoms with Crippen LogP contribution in [0.15, 0.2) is 34.8 Å². The molecule has 1 radical (unpaired) electrons. The lowest BCUT2D eigenvalue weighted by Gasteiger charge is -2.00. The summed E-state index contributed by atoms with van der Waals surface area (Å²) >= 11 is 10.8. The Morgan fingerprint density at radius 2 is 2.42 bits per heavy atom. The maximum absolute atomic E-state index is 5.38. The van der Waals surface area contributed by atoms with E-state index in [0.717, 1.165) is 5.75 Å². The number of hydrogen-bond donors (Lipinski definition) is 0. The second-order valence-corrected chi connectivity index (χ2v) is 3.05. The second-order valence-electron chi connectivity index (χ2n) is 2.04. The molecule has 3 heteroatoms. The van der Waals surface area contributed by atoms with Gasteiger partial charge in [0.25, 0.3) is 0 Å². The molecule has 1 nitrogen and oxygen atoms in total. The quantitative estimate of drug-likeness (QED) is 0.731. The summed E-state index contributed by atoms with van der Waals surface area (Å²) in [5.41, 5.74) is 0. The fourth-order valence-electron chi connectivity index (χ4n) is 0.668. The van der Waals surface area contributed by atoms with Crippen molar-refractivity contribution >= 4 is 23.2 Å². The van der Waals surface area contributed by atoms with Gasteiger partial charge in [0.05, 0.1) is 0 Å². The summed E-state index contributed by atoms with van der Waals surface area (Å²) in [6.45, 7) is 0.375. The Morgan fingerprint density at radius 3 is 3.00 bits per heavy atom. The first-order chi connectivity index (χ1) is 5.79. The van der Waals surface area contributed by atoms with Gasteiger partial charge in [-0.3, -0.25) is 0 Å². The molecule has 0 aromatic heterocycles. The van der Waals surface area contributed by atoms with Crippen LogP contribution in [0.5, 0.6) is 5.75 Å². The summed E-state index contributed by atoms with van der Waals surface area (Å²) in [7, 11) is 0. The highest BCUT2D eigenvalue weighted by atomic mass is 35.5. The predicted molar refractivity (Wildman–Crippen MR) is 50.6 cm³/mol. The Bertz CT molecular complexity index is 252. The largest absolute Gasteiger partial charge is 0.489 e. The first-order valence-electron chi connectivity index (χ1n) is 3.39. The van der Waals surface area contributed by atoms with Crippen LogP contribution in [-0.4, -0.2) is 6.61 Å². The van der Waals surface area contributed by atoms with Crippen molar-refractivity contribution in [1.29, 1.82) is 0 Å². The van der Waals surface area contributed by atoms with E-state index in [1.807, 2.05) is 12.1 Å². The van der Waals surface area contributed by atoms with Gasteiger partial charge in [-0.25, -0.2) is 0 Å². The Kier molecular flexibility index (Phi) is 3.98. The molecule has 0 N–H and O–H groups in total. The standard InChI is InChI=1S/C9H7Cl2O/c10-9(11)6-7-12-8-4-2-1-3-5-8/h1-2,4-6H,7H2. The van der Waals surface area contributed by atoms with E-state index in [4.69, 9.17) is 27.9 Å². The van der Waals surface area contributed by atoms with E-state index in [1.54, 1.807) is 18.2 Å². The Balaban J connectivity index is 2.39. The number of halogens is 2. The molecule has 1 aromatic rings. The van der Waals surface area contributed by atoms with Crippen LogP contribution in [0.4, 0.5) is 0 Å². The molecular formula is C9H7Cl2O. The lowest BCUT2D eigenvalue weighted by atomic mass is 10.3. The Morgan fingerprint density at radius 1 is 1.58 bits per heavy atom. The van der Waals surface area contributed by atoms with E-state index in [1.165, 1.54) is 0 Å². The molecule has 1 rings (SSSR count). The predicted octanol–water partition coefficient (Wildman–Crippen LogP) is 3.18. The highest BCUT2D eigenvalue weighted by Gasteiger charge is 1.88. The average Bonchev–Trinajstić information content (AvgIpc) is 2.05. The Labute approximate surface area is 81.6 Å². The van der Waals surface area contributed by atoms with Crippen LogP contribution in [0.2, 0.25) is 0 Å². The molecule has 0 fully saturated rings. The average molecular weight is 202 g/mol. The molecule has 0 spiro atoms. The van der Waals surface area contributed by atoms with Crippen LogP contribution in [0.1, 0.15) is 0 Å². The summed E-state index contributed by atoms with van der Waals surface area (Å²) in [5, 5.41) is 0. The minimum absolute atomic E-state index is 0.218. The summed E-state index contributed by atoms with van der Waals surface area (Å²) < 4.78 is 5.46. The molecule has 0 aliphatic carbocycles. The summed E-state index contributed by atoms with van der Waals surface area (Å²) in [6.07, 6.45) is 1.58. The third-order valence-corrected chi connectivity index (χ3v) is 1.47. The van der Waals surface area contributed by atoms with E-state index in [0.29, 0.717) is 6.61 Å². The van der Waals surface area contributed by atoms with Crippen LogP contribution >= 0.6 is 23.2 Å². The molecule has 0 saturated heterocycles. The SMILES string of the molecule is ClC(Cl)=CCOc1c[c]ccc1. The molecule has 12 heavy (non-hydrogen) atoms. The molecular weight excluding hydrogens is 195 g/mol. The minimum Gasteiger partial charge on any atom is -0.489 e. The van der Waals surface area contributed by atoms with Gasteiger partial charge in [0.15, 0.2) is 0 Å². The van der Waals surface area contributed by atoms with Gasteiger partial charge < -0.3 is 4.74 Å². The molecule has 0 unspecified atom stereocenters. The van der Waals surface area contributed by atoms with Crippen molar-refractivity contribution in [2.45, 2.75) is 0 Å². The number of benzene rings is 1. The molecule has 0 saturated carbocycles. The van der Waals surface area contributed by atoms with Gasteiger partial charge in [0, 0.05) is 0 Å². The van der Waals surface area contributed by atoms with Crippen LogP contribution in [0, 0.1) is 6.07 Å². The molecule has 0 heterocycles. The fraction of sp³-hybridized carbons (Fsp3) is 0.111. The van der Waals surface area contributed by atoms with Gasteiger partial charge in [0.1, 0.15) is 16.8 Å². The van der Waals surface area contributed by atoms with Crippen molar-refractivity contribution in [1.82, 2.24) is 0 Å².